The first-order valence-electron chi connectivity index (χ1n) is 4.93. The standard InChI is InChI=1S/C11H13NO5/c1-3-17-11(15)12-8-6-7(10(14)16-2)4-5-9(8)13/h4-6,13H,3H2,1-2H3,(H,12,15). The van der Waals surface area contributed by atoms with Gasteiger partial charge in [0, 0.05) is 0 Å². The van der Waals surface area contributed by atoms with Gasteiger partial charge in [-0.1, -0.05) is 0 Å². The first-order chi connectivity index (χ1) is 8.08. The lowest BCUT2D eigenvalue weighted by atomic mass is 10.2. The number of hydrogen-bond donors (Lipinski definition) is 2. The van der Waals surface area contributed by atoms with Crippen LogP contribution in [0.3, 0.4) is 0 Å². The number of benzene rings is 1. The van der Waals surface area contributed by atoms with Crippen LogP contribution in [0.2, 0.25) is 0 Å². The fourth-order valence-electron chi connectivity index (χ4n) is 1.16. The highest BCUT2D eigenvalue weighted by atomic mass is 16.5. The van der Waals surface area contributed by atoms with E-state index in [1.165, 1.54) is 25.3 Å². The predicted octanol–water partition coefficient (Wildman–Crippen LogP) is 1.75. The van der Waals surface area contributed by atoms with Gasteiger partial charge in [-0.25, -0.2) is 9.59 Å². The van der Waals surface area contributed by atoms with Crippen molar-refractivity contribution in [2.45, 2.75) is 6.92 Å². The van der Waals surface area contributed by atoms with Gasteiger partial charge < -0.3 is 14.6 Å². The van der Waals surface area contributed by atoms with Crippen molar-refractivity contribution < 1.29 is 24.2 Å². The summed E-state index contributed by atoms with van der Waals surface area (Å²) in [6, 6.07) is 3.98. The number of ether oxygens (including phenoxy) is 2. The van der Waals surface area contributed by atoms with Crippen LogP contribution in [0, 0.1) is 0 Å². The molecule has 0 atom stereocenters. The molecule has 0 aliphatic carbocycles. The second-order valence-corrected chi connectivity index (χ2v) is 3.07. The van der Waals surface area contributed by atoms with Crippen LogP contribution in [0.5, 0.6) is 5.75 Å². The third kappa shape index (κ3) is 3.37. The first-order valence-corrected chi connectivity index (χ1v) is 4.93. The number of aromatic hydroxyl groups is 1. The zero-order valence-corrected chi connectivity index (χ0v) is 9.52. The Balaban J connectivity index is 2.90. The fourth-order valence-corrected chi connectivity index (χ4v) is 1.16. The Morgan fingerprint density at radius 2 is 2.12 bits per heavy atom. The van der Waals surface area contributed by atoms with Crippen LogP contribution in [0.25, 0.3) is 0 Å². The van der Waals surface area contributed by atoms with Gasteiger partial charge in [-0.3, -0.25) is 5.32 Å². The van der Waals surface area contributed by atoms with Crippen molar-refractivity contribution in [2.24, 2.45) is 0 Å². The summed E-state index contributed by atoms with van der Waals surface area (Å²) in [6.07, 6.45) is -0.704. The Bertz CT molecular complexity index is 430. The van der Waals surface area contributed by atoms with E-state index in [0.29, 0.717) is 0 Å². The molecule has 0 aliphatic heterocycles. The number of carbonyl (C=O) groups is 2. The van der Waals surface area contributed by atoms with Gasteiger partial charge >= 0.3 is 12.1 Å². The summed E-state index contributed by atoms with van der Waals surface area (Å²) in [5.41, 5.74) is 0.309. The Labute approximate surface area is 98.2 Å². The normalized spacial score (nSPS) is 9.53. The highest BCUT2D eigenvalue weighted by Gasteiger charge is 2.11. The maximum atomic E-state index is 11.2. The number of anilines is 1. The number of rotatable bonds is 3. The van der Waals surface area contributed by atoms with Crippen LogP contribution in [-0.2, 0) is 9.47 Å². The van der Waals surface area contributed by atoms with E-state index in [1.54, 1.807) is 6.92 Å². The molecule has 0 saturated heterocycles. The van der Waals surface area contributed by atoms with Crippen molar-refractivity contribution in [3.8, 4) is 5.75 Å². The van der Waals surface area contributed by atoms with E-state index >= 15 is 0 Å². The fraction of sp³-hybridized carbons (Fsp3) is 0.273. The quantitative estimate of drug-likeness (QED) is 0.620. The zero-order valence-electron chi connectivity index (χ0n) is 9.52. The molecule has 0 heterocycles. The topological polar surface area (TPSA) is 84.9 Å². The molecule has 0 saturated carbocycles. The molecule has 0 aliphatic rings. The number of methoxy groups -OCH3 is 1. The van der Waals surface area contributed by atoms with Crippen molar-refractivity contribution in [1.82, 2.24) is 0 Å². The molecule has 6 nitrogen and oxygen atoms in total. The molecule has 0 radical (unpaired) electrons. The number of amides is 1. The lowest BCUT2D eigenvalue weighted by molar-refractivity contribution is 0.0600. The van der Waals surface area contributed by atoms with Crippen molar-refractivity contribution in [3.05, 3.63) is 23.8 Å². The summed E-state index contributed by atoms with van der Waals surface area (Å²) in [7, 11) is 1.24. The minimum Gasteiger partial charge on any atom is -0.506 e. The third-order valence-corrected chi connectivity index (χ3v) is 1.93. The van der Waals surface area contributed by atoms with Gasteiger partial charge in [-0.2, -0.15) is 0 Å². The van der Waals surface area contributed by atoms with Crippen LogP contribution in [0.4, 0.5) is 10.5 Å². The molecule has 6 heteroatoms. The van der Waals surface area contributed by atoms with Gasteiger partial charge in [0.1, 0.15) is 5.75 Å². The smallest absolute Gasteiger partial charge is 0.411 e. The molecule has 0 aromatic heterocycles. The minimum atomic E-state index is -0.704. The Morgan fingerprint density at radius 3 is 2.71 bits per heavy atom. The van der Waals surface area contributed by atoms with E-state index in [4.69, 9.17) is 0 Å². The molecule has 2 N–H and O–H groups in total. The number of nitrogens with one attached hydrogen (secondary N) is 1. The maximum absolute atomic E-state index is 11.2. The van der Waals surface area contributed by atoms with Crippen LogP contribution < -0.4 is 5.32 Å². The summed E-state index contributed by atoms with van der Waals surface area (Å²) in [5, 5.41) is 11.8. The zero-order chi connectivity index (χ0) is 12.8. The number of esters is 1. The molecule has 92 valence electrons. The number of hydrogen-bond acceptors (Lipinski definition) is 5. The van der Waals surface area contributed by atoms with Gasteiger partial charge in [0.2, 0.25) is 0 Å². The second-order valence-electron chi connectivity index (χ2n) is 3.07. The summed E-state index contributed by atoms with van der Waals surface area (Å²) >= 11 is 0. The van der Waals surface area contributed by atoms with Gasteiger partial charge in [-0.05, 0) is 25.1 Å². The average molecular weight is 239 g/mol. The van der Waals surface area contributed by atoms with Crippen LogP contribution in [0.1, 0.15) is 17.3 Å². The summed E-state index contributed by atoms with van der Waals surface area (Å²) in [6.45, 7) is 1.87. The monoisotopic (exact) mass is 239 g/mol. The average Bonchev–Trinajstić information content (AvgIpc) is 2.31. The predicted molar refractivity (Wildman–Crippen MR) is 60.1 cm³/mol. The van der Waals surface area contributed by atoms with Crippen molar-refractivity contribution in [1.29, 1.82) is 0 Å². The molecule has 0 bridgehead atoms. The van der Waals surface area contributed by atoms with Crippen LogP contribution >= 0.6 is 0 Å². The molecule has 0 fully saturated rings. The minimum absolute atomic E-state index is 0.0892. The Hall–Kier alpha value is -2.24. The number of phenolic OH excluding ortho intramolecular Hbond substituents is 1. The maximum Gasteiger partial charge on any atom is 0.411 e. The summed E-state index contributed by atoms with van der Waals surface area (Å²) in [5.74, 6) is -0.720. The van der Waals surface area contributed by atoms with E-state index in [2.05, 4.69) is 14.8 Å². The molecule has 1 rings (SSSR count). The number of carbonyl (C=O) groups excluding carboxylic acids is 2. The van der Waals surface area contributed by atoms with E-state index < -0.39 is 12.1 Å². The molecule has 0 unspecified atom stereocenters. The molecule has 0 spiro atoms. The molecule has 17 heavy (non-hydrogen) atoms. The van der Waals surface area contributed by atoms with Crippen LogP contribution in [0.15, 0.2) is 18.2 Å². The van der Waals surface area contributed by atoms with E-state index in [-0.39, 0.29) is 23.6 Å². The largest absolute Gasteiger partial charge is 0.506 e. The van der Waals surface area contributed by atoms with Gasteiger partial charge in [0.25, 0.3) is 0 Å². The first kappa shape index (κ1) is 12.8. The van der Waals surface area contributed by atoms with Crippen molar-refractivity contribution in [2.75, 3.05) is 19.0 Å². The molecule has 1 amide bonds. The molecular formula is C11H13NO5. The Kier molecular flexibility index (Phi) is 4.33. The summed E-state index contributed by atoms with van der Waals surface area (Å²) < 4.78 is 9.17. The van der Waals surface area contributed by atoms with Crippen molar-refractivity contribution in [3.63, 3.8) is 0 Å². The second kappa shape index (κ2) is 5.74. The molecule has 1 aromatic carbocycles. The highest BCUT2D eigenvalue weighted by Crippen LogP contribution is 2.24. The van der Waals surface area contributed by atoms with Gasteiger partial charge in [-0.15, -0.1) is 0 Å². The highest BCUT2D eigenvalue weighted by molar-refractivity contribution is 5.93. The summed E-state index contributed by atoms with van der Waals surface area (Å²) in [4.78, 5) is 22.4. The van der Waals surface area contributed by atoms with E-state index in [9.17, 15) is 14.7 Å². The van der Waals surface area contributed by atoms with E-state index in [1.807, 2.05) is 0 Å². The molecule has 1 aromatic rings. The molecular weight excluding hydrogens is 226 g/mol. The number of phenols is 1. The van der Waals surface area contributed by atoms with Gasteiger partial charge in [0.05, 0.1) is 25.0 Å². The SMILES string of the molecule is CCOC(=O)Nc1cc(C(=O)OC)ccc1O. The van der Waals surface area contributed by atoms with Crippen LogP contribution in [-0.4, -0.2) is 30.9 Å². The van der Waals surface area contributed by atoms with Crippen molar-refractivity contribution >= 4 is 17.7 Å². The van der Waals surface area contributed by atoms with Gasteiger partial charge in [0.15, 0.2) is 0 Å². The van der Waals surface area contributed by atoms with E-state index in [0.717, 1.165) is 0 Å². The third-order valence-electron chi connectivity index (χ3n) is 1.93. The lowest BCUT2D eigenvalue weighted by Crippen LogP contribution is -2.14. The Morgan fingerprint density at radius 1 is 1.41 bits per heavy atom. The lowest BCUT2D eigenvalue weighted by Gasteiger charge is -2.08.